The first-order valence-electron chi connectivity index (χ1n) is 12.2. The third kappa shape index (κ3) is 7.98. The summed E-state index contributed by atoms with van der Waals surface area (Å²) in [5.41, 5.74) is 0.165. The second-order valence-corrected chi connectivity index (χ2v) is 10.3. The molecular formula is C26H39NO8. The zero-order valence-corrected chi connectivity index (χ0v) is 21.5. The van der Waals surface area contributed by atoms with Gasteiger partial charge in [0.2, 0.25) is 5.91 Å². The standard InChI is InChI=1S/C26H39NO8/c1-16(7-10-21-24(30)26(15-32-26)14-25(5,6)35-21)8-12-23-31-13-20(18(3)34-23)27-22(29)11-9-17(2)33-19(4)28/h7-11,17-18,20-21,23-24,30H,12-15H2,1-6H3,(H,27,29)/t17-,18-,20?,21-,23+,24-,26-/m1/s1. The predicted molar refractivity (Wildman–Crippen MR) is 128 cm³/mol. The van der Waals surface area contributed by atoms with E-state index in [1.165, 1.54) is 19.1 Å². The van der Waals surface area contributed by atoms with Crippen LogP contribution in [-0.2, 0) is 33.3 Å². The van der Waals surface area contributed by atoms with E-state index in [1.807, 2.05) is 45.9 Å². The number of aliphatic hydroxyl groups is 1. The Bertz CT molecular complexity index is 859. The summed E-state index contributed by atoms with van der Waals surface area (Å²) >= 11 is 0. The first-order chi connectivity index (χ1) is 16.4. The van der Waals surface area contributed by atoms with Crippen molar-refractivity contribution in [1.29, 1.82) is 0 Å². The van der Waals surface area contributed by atoms with Crippen LogP contribution >= 0.6 is 0 Å². The van der Waals surface area contributed by atoms with Crippen LogP contribution in [0.2, 0.25) is 0 Å². The van der Waals surface area contributed by atoms with Crippen LogP contribution in [0.4, 0.5) is 0 Å². The van der Waals surface area contributed by atoms with Gasteiger partial charge in [0.05, 0.1) is 31.0 Å². The van der Waals surface area contributed by atoms with Crippen molar-refractivity contribution in [1.82, 2.24) is 5.32 Å². The van der Waals surface area contributed by atoms with Gasteiger partial charge in [0.25, 0.3) is 0 Å². The summed E-state index contributed by atoms with van der Waals surface area (Å²) in [6.45, 7) is 11.8. The van der Waals surface area contributed by atoms with Crippen LogP contribution in [0, 0.1) is 0 Å². The van der Waals surface area contributed by atoms with Crippen LogP contribution in [0.3, 0.4) is 0 Å². The predicted octanol–water partition coefficient (Wildman–Crippen LogP) is 2.33. The van der Waals surface area contributed by atoms with Crippen molar-refractivity contribution in [3.8, 4) is 0 Å². The van der Waals surface area contributed by atoms with Gasteiger partial charge in [0.15, 0.2) is 6.29 Å². The minimum absolute atomic E-state index is 0.232. The molecule has 0 saturated carbocycles. The van der Waals surface area contributed by atoms with E-state index in [0.717, 1.165) is 5.57 Å². The largest absolute Gasteiger partial charge is 0.459 e. The highest BCUT2D eigenvalue weighted by molar-refractivity contribution is 5.87. The highest BCUT2D eigenvalue weighted by atomic mass is 16.7. The Morgan fingerprint density at radius 3 is 2.60 bits per heavy atom. The summed E-state index contributed by atoms with van der Waals surface area (Å²) in [6.07, 6.45) is 7.68. The van der Waals surface area contributed by atoms with Gasteiger partial charge in [-0.25, -0.2) is 0 Å². The topological polar surface area (TPSA) is 116 Å². The second kappa shape index (κ2) is 11.3. The summed E-state index contributed by atoms with van der Waals surface area (Å²) in [4.78, 5) is 23.1. The smallest absolute Gasteiger partial charge is 0.303 e. The van der Waals surface area contributed by atoms with E-state index in [4.69, 9.17) is 23.7 Å². The van der Waals surface area contributed by atoms with Crippen LogP contribution in [0.5, 0.6) is 0 Å². The fraction of sp³-hybridized carbons (Fsp3) is 0.692. The number of aliphatic hydroxyl groups excluding tert-OH is 1. The Morgan fingerprint density at radius 1 is 1.26 bits per heavy atom. The third-order valence-corrected chi connectivity index (χ3v) is 6.32. The fourth-order valence-electron chi connectivity index (χ4n) is 4.46. The van der Waals surface area contributed by atoms with Gasteiger partial charge in [0.1, 0.15) is 23.9 Å². The fourth-order valence-corrected chi connectivity index (χ4v) is 4.46. The molecule has 0 radical (unpaired) electrons. The number of hydrogen-bond donors (Lipinski definition) is 2. The molecule has 3 rings (SSSR count). The van der Waals surface area contributed by atoms with Crippen molar-refractivity contribution in [3.63, 3.8) is 0 Å². The number of ether oxygens (including phenoxy) is 5. The van der Waals surface area contributed by atoms with Gasteiger partial charge in [-0.3, -0.25) is 9.59 Å². The quantitative estimate of drug-likeness (QED) is 0.229. The van der Waals surface area contributed by atoms with E-state index in [0.29, 0.717) is 26.1 Å². The van der Waals surface area contributed by atoms with E-state index in [9.17, 15) is 14.7 Å². The van der Waals surface area contributed by atoms with Crippen molar-refractivity contribution in [2.75, 3.05) is 13.2 Å². The molecule has 3 saturated heterocycles. The van der Waals surface area contributed by atoms with Crippen molar-refractivity contribution in [3.05, 3.63) is 36.0 Å². The first-order valence-corrected chi connectivity index (χ1v) is 12.2. The molecule has 1 amide bonds. The number of carbonyl (C=O) groups excluding carboxylic acids is 2. The Hall–Kier alpha value is -2.04. The highest BCUT2D eigenvalue weighted by Gasteiger charge is 2.60. The van der Waals surface area contributed by atoms with Crippen LogP contribution in [-0.4, -0.2) is 78.1 Å². The average molecular weight is 494 g/mol. The number of hydrogen-bond acceptors (Lipinski definition) is 8. The molecule has 1 unspecified atom stereocenters. The maximum atomic E-state index is 12.2. The Balaban J connectivity index is 1.44. The van der Waals surface area contributed by atoms with Gasteiger partial charge in [-0.15, -0.1) is 0 Å². The Kier molecular flexibility index (Phi) is 8.93. The lowest BCUT2D eigenvalue weighted by Crippen LogP contribution is -2.53. The van der Waals surface area contributed by atoms with Crippen molar-refractivity contribution >= 4 is 11.9 Å². The number of allylic oxidation sites excluding steroid dienone is 2. The molecule has 1 spiro atoms. The van der Waals surface area contributed by atoms with Crippen LogP contribution in [0.15, 0.2) is 36.0 Å². The molecule has 0 aliphatic carbocycles. The molecule has 0 aromatic rings. The Morgan fingerprint density at radius 2 is 1.97 bits per heavy atom. The maximum Gasteiger partial charge on any atom is 0.303 e. The normalized spacial score (nSPS) is 35.9. The van der Waals surface area contributed by atoms with E-state index in [-0.39, 0.29) is 23.7 Å². The lowest BCUT2D eigenvalue weighted by Gasteiger charge is -2.41. The highest BCUT2D eigenvalue weighted by Crippen LogP contribution is 2.46. The zero-order valence-electron chi connectivity index (χ0n) is 21.5. The molecule has 9 heteroatoms. The summed E-state index contributed by atoms with van der Waals surface area (Å²) in [7, 11) is 0. The van der Waals surface area contributed by atoms with Gasteiger partial charge in [-0.1, -0.05) is 23.8 Å². The van der Waals surface area contributed by atoms with E-state index in [2.05, 4.69) is 5.32 Å². The first kappa shape index (κ1) is 27.5. The maximum absolute atomic E-state index is 12.2. The van der Waals surface area contributed by atoms with Gasteiger partial charge >= 0.3 is 5.97 Å². The lowest BCUT2D eigenvalue weighted by atomic mass is 9.83. The summed E-state index contributed by atoms with van der Waals surface area (Å²) in [6, 6.07) is -0.289. The second-order valence-electron chi connectivity index (χ2n) is 10.3. The van der Waals surface area contributed by atoms with Gasteiger partial charge in [0, 0.05) is 25.8 Å². The minimum Gasteiger partial charge on any atom is -0.459 e. The van der Waals surface area contributed by atoms with Gasteiger partial charge in [-0.2, -0.15) is 0 Å². The number of nitrogens with one attached hydrogen (secondary N) is 1. The molecule has 35 heavy (non-hydrogen) atoms. The molecule has 2 N–H and O–H groups in total. The van der Waals surface area contributed by atoms with Crippen LogP contribution in [0.1, 0.15) is 54.4 Å². The number of carbonyl (C=O) groups is 2. The molecule has 3 fully saturated rings. The SMILES string of the molecule is CC(=O)O[C@H](C)C=CC(=O)NC1CO[C@H](CC=C(C)C=C[C@H]2OC(C)(C)C[C@@]3(CO3)[C@@H]2O)O[C@@H]1C. The van der Waals surface area contributed by atoms with E-state index in [1.54, 1.807) is 6.92 Å². The van der Waals surface area contributed by atoms with E-state index < -0.39 is 36.2 Å². The molecule has 3 aliphatic rings. The summed E-state index contributed by atoms with van der Waals surface area (Å²) in [5.74, 6) is -0.706. The zero-order chi connectivity index (χ0) is 25.8. The van der Waals surface area contributed by atoms with Crippen molar-refractivity contribution < 1.29 is 38.4 Å². The number of esters is 1. The van der Waals surface area contributed by atoms with E-state index >= 15 is 0 Å². The molecule has 3 heterocycles. The molecule has 0 aromatic carbocycles. The average Bonchev–Trinajstić information content (AvgIpc) is 3.53. The molecule has 0 aromatic heterocycles. The third-order valence-electron chi connectivity index (χ3n) is 6.32. The van der Waals surface area contributed by atoms with Crippen molar-refractivity contribution in [2.24, 2.45) is 0 Å². The summed E-state index contributed by atoms with van der Waals surface area (Å²) < 4.78 is 28.3. The van der Waals surface area contributed by atoms with Crippen molar-refractivity contribution in [2.45, 2.75) is 102 Å². The molecule has 9 nitrogen and oxygen atoms in total. The molecule has 7 atom stereocenters. The molecular weight excluding hydrogens is 454 g/mol. The number of amides is 1. The Labute approximate surface area is 207 Å². The monoisotopic (exact) mass is 493 g/mol. The summed E-state index contributed by atoms with van der Waals surface area (Å²) in [5, 5.41) is 13.5. The number of rotatable bonds is 8. The molecule has 196 valence electrons. The van der Waals surface area contributed by atoms with Gasteiger partial charge in [-0.05, 0) is 40.7 Å². The molecule has 3 aliphatic heterocycles. The minimum atomic E-state index is -0.683. The molecule has 0 bridgehead atoms. The van der Waals surface area contributed by atoms with Crippen LogP contribution < -0.4 is 5.32 Å². The van der Waals surface area contributed by atoms with Gasteiger partial charge < -0.3 is 34.1 Å². The lowest BCUT2D eigenvalue weighted by molar-refractivity contribution is -0.217. The number of epoxide rings is 1. The van der Waals surface area contributed by atoms with Crippen LogP contribution in [0.25, 0.3) is 0 Å².